The van der Waals surface area contributed by atoms with Crippen molar-refractivity contribution in [3.63, 3.8) is 0 Å². The Morgan fingerprint density at radius 3 is 2.96 bits per heavy atom. The van der Waals surface area contributed by atoms with Crippen LogP contribution in [0.2, 0.25) is 0 Å². The number of hydrogen-bond acceptors (Lipinski definition) is 3. The Morgan fingerprint density at radius 2 is 2.30 bits per heavy atom. The van der Waals surface area contributed by atoms with E-state index in [1.807, 2.05) is 24.9 Å². The predicted octanol–water partition coefficient (Wildman–Crippen LogP) is 3.01. The SMILES string of the molecule is CN=C(NCC(C)Oc1cccc(F)c1)N1CCC(c2cnn(C)c2)C1.I. The number of aromatic nitrogens is 2. The van der Waals surface area contributed by atoms with E-state index in [0.717, 1.165) is 25.5 Å². The number of aryl methyl sites for hydroxylation is 1. The van der Waals surface area contributed by atoms with Gasteiger partial charge >= 0.3 is 0 Å². The second kappa shape index (κ2) is 9.91. The maximum absolute atomic E-state index is 13.2. The summed E-state index contributed by atoms with van der Waals surface area (Å²) in [4.78, 5) is 6.65. The Morgan fingerprint density at radius 1 is 1.48 bits per heavy atom. The first kappa shape index (κ1) is 21.5. The summed E-state index contributed by atoms with van der Waals surface area (Å²) >= 11 is 0. The lowest BCUT2D eigenvalue weighted by molar-refractivity contribution is 0.221. The molecule has 2 unspecified atom stereocenters. The number of rotatable bonds is 5. The molecule has 2 aromatic rings. The molecule has 2 atom stereocenters. The molecule has 1 fully saturated rings. The van der Waals surface area contributed by atoms with Gasteiger partial charge in [-0.3, -0.25) is 9.67 Å². The zero-order valence-electron chi connectivity index (χ0n) is 15.9. The topological polar surface area (TPSA) is 54.7 Å². The highest BCUT2D eigenvalue weighted by Crippen LogP contribution is 2.26. The molecule has 1 aliphatic heterocycles. The van der Waals surface area contributed by atoms with E-state index in [1.54, 1.807) is 19.2 Å². The molecular weight excluding hydrogens is 460 g/mol. The molecule has 148 valence electrons. The van der Waals surface area contributed by atoms with Gasteiger partial charge in [-0.15, -0.1) is 24.0 Å². The molecule has 1 N–H and O–H groups in total. The van der Waals surface area contributed by atoms with Crippen LogP contribution in [0.4, 0.5) is 4.39 Å². The van der Waals surface area contributed by atoms with Crippen LogP contribution in [0.1, 0.15) is 24.8 Å². The van der Waals surface area contributed by atoms with Gasteiger partial charge in [-0.25, -0.2) is 4.39 Å². The molecule has 0 aliphatic carbocycles. The van der Waals surface area contributed by atoms with Crippen molar-refractivity contribution in [2.45, 2.75) is 25.4 Å². The fraction of sp³-hybridized carbons (Fsp3) is 0.474. The normalized spacial score (nSPS) is 18.1. The molecule has 1 saturated heterocycles. The zero-order chi connectivity index (χ0) is 18.5. The largest absolute Gasteiger partial charge is 0.489 e. The van der Waals surface area contributed by atoms with Crippen molar-refractivity contribution in [2.24, 2.45) is 12.0 Å². The Hall–Kier alpha value is -1.84. The van der Waals surface area contributed by atoms with E-state index in [2.05, 4.69) is 26.5 Å². The van der Waals surface area contributed by atoms with Crippen molar-refractivity contribution in [1.29, 1.82) is 0 Å². The van der Waals surface area contributed by atoms with Crippen LogP contribution >= 0.6 is 24.0 Å². The van der Waals surface area contributed by atoms with Gasteiger partial charge in [0.1, 0.15) is 17.7 Å². The highest BCUT2D eigenvalue weighted by Gasteiger charge is 2.27. The monoisotopic (exact) mass is 487 g/mol. The minimum atomic E-state index is -0.294. The third-order valence-corrected chi connectivity index (χ3v) is 4.58. The summed E-state index contributed by atoms with van der Waals surface area (Å²) in [6.45, 7) is 4.42. The van der Waals surface area contributed by atoms with E-state index in [1.165, 1.54) is 17.7 Å². The van der Waals surface area contributed by atoms with Crippen LogP contribution in [-0.2, 0) is 7.05 Å². The molecule has 0 bridgehead atoms. The first-order valence-corrected chi connectivity index (χ1v) is 8.91. The van der Waals surface area contributed by atoms with Crippen molar-refractivity contribution >= 4 is 29.9 Å². The smallest absolute Gasteiger partial charge is 0.193 e. The average Bonchev–Trinajstić information content (AvgIpc) is 3.24. The van der Waals surface area contributed by atoms with Crippen LogP contribution in [0.5, 0.6) is 5.75 Å². The van der Waals surface area contributed by atoms with Crippen LogP contribution in [0.3, 0.4) is 0 Å². The Balaban J connectivity index is 0.00000261. The fourth-order valence-corrected chi connectivity index (χ4v) is 3.26. The van der Waals surface area contributed by atoms with Crippen LogP contribution in [0, 0.1) is 5.82 Å². The van der Waals surface area contributed by atoms with E-state index in [0.29, 0.717) is 18.2 Å². The van der Waals surface area contributed by atoms with Crippen molar-refractivity contribution in [2.75, 3.05) is 26.7 Å². The number of aliphatic imine (C=N–C) groups is 1. The molecule has 3 rings (SSSR count). The van der Waals surface area contributed by atoms with Gasteiger partial charge in [-0.1, -0.05) is 6.07 Å². The molecule has 6 nitrogen and oxygen atoms in total. The Kier molecular flexibility index (Phi) is 7.88. The van der Waals surface area contributed by atoms with Gasteiger partial charge in [-0.2, -0.15) is 5.10 Å². The first-order chi connectivity index (χ1) is 12.5. The van der Waals surface area contributed by atoms with Gasteiger partial charge in [0, 0.05) is 45.4 Å². The lowest BCUT2D eigenvalue weighted by Crippen LogP contribution is -2.43. The van der Waals surface area contributed by atoms with Crippen molar-refractivity contribution < 1.29 is 9.13 Å². The maximum atomic E-state index is 13.2. The first-order valence-electron chi connectivity index (χ1n) is 8.91. The molecule has 0 saturated carbocycles. The molecular formula is C19H27FIN5O. The maximum Gasteiger partial charge on any atom is 0.193 e. The van der Waals surface area contributed by atoms with Crippen molar-refractivity contribution in [3.05, 3.63) is 48.0 Å². The molecule has 1 aromatic carbocycles. The summed E-state index contributed by atoms with van der Waals surface area (Å²) in [6.07, 6.45) is 5.01. The quantitative estimate of drug-likeness (QED) is 0.401. The molecule has 0 amide bonds. The van der Waals surface area contributed by atoms with Crippen LogP contribution in [0.15, 0.2) is 41.7 Å². The molecule has 1 aliphatic rings. The lowest BCUT2D eigenvalue weighted by Gasteiger charge is -2.23. The number of hydrogen-bond donors (Lipinski definition) is 1. The van der Waals surface area contributed by atoms with E-state index >= 15 is 0 Å². The predicted molar refractivity (Wildman–Crippen MR) is 115 cm³/mol. The van der Waals surface area contributed by atoms with E-state index in [-0.39, 0.29) is 35.9 Å². The van der Waals surface area contributed by atoms with Gasteiger partial charge in [0.05, 0.1) is 12.7 Å². The Labute approximate surface area is 176 Å². The highest BCUT2D eigenvalue weighted by atomic mass is 127. The van der Waals surface area contributed by atoms with Crippen molar-refractivity contribution in [3.8, 4) is 5.75 Å². The molecule has 0 spiro atoms. The molecule has 1 aromatic heterocycles. The summed E-state index contributed by atoms with van der Waals surface area (Å²) in [5, 5.41) is 7.63. The van der Waals surface area contributed by atoms with Crippen LogP contribution in [0.25, 0.3) is 0 Å². The molecule has 2 heterocycles. The molecule has 0 radical (unpaired) electrons. The minimum absolute atomic E-state index is 0. The standard InChI is InChI=1S/C19H26FN5O.HI/c1-14(26-18-6-4-5-17(20)9-18)10-22-19(21-2)25-8-7-15(13-25)16-11-23-24(3)12-16;/h4-6,9,11-12,14-15H,7-8,10,13H2,1-3H3,(H,21,22);1H. The van der Waals surface area contributed by atoms with E-state index in [4.69, 9.17) is 4.74 Å². The van der Waals surface area contributed by atoms with E-state index in [9.17, 15) is 4.39 Å². The van der Waals surface area contributed by atoms with Crippen molar-refractivity contribution in [1.82, 2.24) is 20.0 Å². The molecule has 8 heteroatoms. The highest BCUT2D eigenvalue weighted by molar-refractivity contribution is 14.0. The van der Waals surface area contributed by atoms with Crippen LogP contribution in [-0.4, -0.2) is 53.4 Å². The summed E-state index contributed by atoms with van der Waals surface area (Å²) in [7, 11) is 3.73. The number of benzene rings is 1. The number of nitrogens with zero attached hydrogens (tertiary/aromatic N) is 4. The van der Waals surface area contributed by atoms with Gasteiger partial charge in [0.2, 0.25) is 0 Å². The molecule has 27 heavy (non-hydrogen) atoms. The zero-order valence-corrected chi connectivity index (χ0v) is 18.3. The number of guanidine groups is 1. The van der Waals surface area contributed by atoms with Gasteiger partial charge in [-0.05, 0) is 31.0 Å². The summed E-state index contributed by atoms with van der Waals surface area (Å²) in [6, 6.07) is 6.20. The lowest BCUT2D eigenvalue weighted by atomic mass is 10.0. The summed E-state index contributed by atoms with van der Waals surface area (Å²) in [5.74, 6) is 1.58. The van der Waals surface area contributed by atoms with E-state index < -0.39 is 0 Å². The summed E-state index contributed by atoms with van der Waals surface area (Å²) < 4.78 is 20.8. The third kappa shape index (κ3) is 5.82. The van der Waals surface area contributed by atoms with Gasteiger partial charge in [0.25, 0.3) is 0 Å². The number of halogens is 2. The average molecular weight is 487 g/mol. The summed E-state index contributed by atoms with van der Waals surface area (Å²) in [5.41, 5.74) is 1.27. The second-order valence-electron chi connectivity index (χ2n) is 6.69. The number of ether oxygens (including phenoxy) is 1. The number of nitrogens with one attached hydrogen (secondary N) is 1. The fourth-order valence-electron chi connectivity index (χ4n) is 3.26. The number of likely N-dealkylation sites (tertiary alicyclic amines) is 1. The van der Waals surface area contributed by atoms with Gasteiger partial charge < -0.3 is 15.0 Å². The Bertz CT molecular complexity index is 766. The van der Waals surface area contributed by atoms with Crippen LogP contribution < -0.4 is 10.1 Å². The second-order valence-corrected chi connectivity index (χ2v) is 6.69. The third-order valence-electron chi connectivity index (χ3n) is 4.58. The van der Waals surface area contributed by atoms with Gasteiger partial charge in [0.15, 0.2) is 5.96 Å². The minimum Gasteiger partial charge on any atom is -0.489 e.